The molecule has 0 fully saturated rings. The molecule has 0 aliphatic rings. The summed E-state index contributed by atoms with van der Waals surface area (Å²) in [5.74, 6) is 0.733. The summed E-state index contributed by atoms with van der Waals surface area (Å²) in [4.78, 5) is 0. The van der Waals surface area contributed by atoms with Crippen LogP contribution in [0.3, 0.4) is 0 Å². The Labute approximate surface area is 78.7 Å². The molecule has 76 valence electrons. The molecule has 0 aliphatic carbocycles. The van der Waals surface area contributed by atoms with Gasteiger partial charge >= 0.3 is 0 Å². The Balaban J connectivity index is 0. The Morgan fingerprint density at radius 1 is 1.08 bits per heavy atom. The van der Waals surface area contributed by atoms with Gasteiger partial charge in [0.25, 0.3) is 0 Å². The fourth-order valence-electron chi connectivity index (χ4n) is 0.861. The van der Waals surface area contributed by atoms with Gasteiger partial charge in [-0.05, 0) is 18.9 Å². The highest BCUT2D eigenvalue weighted by Crippen LogP contribution is 2.06. The molecule has 1 heteroatoms. The summed E-state index contributed by atoms with van der Waals surface area (Å²) in [6.45, 7) is 9.55. The van der Waals surface area contributed by atoms with Gasteiger partial charge in [0.2, 0.25) is 0 Å². The monoisotopic (exact) mass is 173 g/mol. The van der Waals surface area contributed by atoms with E-state index in [2.05, 4.69) is 27.7 Å². The fourth-order valence-corrected chi connectivity index (χ4v) is 0.861. The van der Waals surface area contributed by atoms with E-state index in [1.807, 2.05) is 0 Å². The zero-order valence-corrected chi connectivity index (χ0v) is 9.40. The first-order valence-corrected chi connectivity index (χ1v) is 5.42. The molecule has 2 N–H and O–H groups in total. The Morgan fingerprint density at radius 2 is 1.58 bits per heavy atom. The van der Waals surface area contributed by atoms with Crippen LogP contribution in [0.5, 0.6) is 0 Å². The van der Waals surface area contributed by atoms with Crippen LogP contribution in [0.15, 0.2) is 0 Å². The lowest BCUT2D eigenvalue weighted by atomic mass is 10.0. The lowest BCUT2D eigenvalue weighted by Crippen LogP contribution is -2.10. The van der Waals surface area contributed by atoms with Crippen LogP contribution in [0.1, 0.15) is 59.8 Å². The quantitative estimate of drug-likeness (QED) is 0.632. The van der Waals surface area contributed by atoms with Crippen LogP contribution in [0.4, 0.5) is 0 Å². The van der Waals surface area contributed by atoms with E-state index >= 15 is 0 Å². The Kier molecular flexibility index (Phi) is 16.3. The van der Waals surface area contributed by atoms with Crippen molar-refractivity contribution in [1.29, 1.82) is 0 Å². The van der Waals surface area contributed by atoms with Gasteiger partial charge in [0.1, 0.15) is 0 Å². The maximum Gasteiger partial charge on any atom is -0.00515 e. The average molecular weight is 173 g/mol. The van der Waals surface area contributed by atoms with Crippen LogP contribution in [0, 0.1) is 5.92 Å². The smallest absolute Gasteiger partial charge is 0.00515 e. The van der Waals surface area contributed by atoms with Crippen molar-refractivity contribution in [2.45, 2.75) is 59.8 Å². The second-order valence-corrected chi connectivity index (χ2v) is 3.54. The third-order valence-electron chi connectivity index (χ3n) is 1.70. The number of rotatable bonds is 5. The van der Waals surface area contributed by atoms with Crippen molar-refractivity contribution in [2.24, 2.45) is 11.7 Å². The third-order valence-corrected chi connectivity index (χ3v) is 1.70. The van der Waals surface area contributed by atoms with Gasteiger partial charge in [-0.15, -0.1) is 0 Å². The predicted molar refractivity (Wildman–Crippen MR) is 58.3 cm³/mol. The third kappa shape index (κ3) is 16.5. The van der Waals surface area contributed by atoms with Gasteiger partial charge in [0.15, 0.2) is 0 Å². The number of hydrogen-bond donors (Lipinski definition) is 1. The molecule has 1 atom stereocenters. The molecule has 0 spiro atoms. The van der Waals surface area contributed by atoms with Crippen molar-refractivity contribution in [3.05, 3.63) is 0 Å². The first-order chi connectivity index (χ1) is 5.72. The maximum absolute atomic E-state index is 5.45. The average Bonchev–Trinajstić information content (AvgIpc) is 2.06. The maximum atomic E-state index is 5.45. The van der Waals surface area contributed by atoms with Gasteiger partial charge in [-0.1, -0.05) is 53.4 Å². The van der Waals surface area contributed by atoms with Crippen LogP contribution in [0.2, 0.25) is 0 Å². The molecule has 0 aromatic rings. The van der Waals surface area contributed by atoms with Gasteiger partial charge in [-0.2, -0.15) is 0 Å². The molecule has 1 nitrogen and oxygen atoms in total. The minimum absolute atomic E-state index is 0.733. The van der Waals surface area contributed by atoms with E-state index in [4.69, 9.17) is 5.73 Å². The molecule has 0 aromatic carbocycles. The van der Waals surface area contributed by atoms with E-state index in [1.54, 1.807) is 0 Å². The fraction of sp³-hybridized carbons (Fsp3) is 1.00. The summed E-state index contributed by atoms with van der Waals surface area (Å²) < 4.78 is 0. The molecular formula is C11H27N. The molecule has 0 heterocycles. The highest BCUT2D eigenvalue weighted by atomic mass is 14.5. The van der Waals surface area contributed by atoms with E-state index in [-0.39, 0.29) is 0 Å². The Hall–Kier alpha value is -0.0400. The van der Waals surface area contributed by atoms with Crippen LogP contribution in [-0.4, -0.2) is 6.54 Å². The van der Waals surface area contributed by atoms with Gasteiger partial charge < -0.3 is 5.73 Å². The highest BCUT2D eigenvalue weighted by Gasteiger charge is 1.96. The standard InChI is InChI=1S/C8H19N.C3H8/c1-3-4-5-6-8(2)7-9;1-3-2/h8H,3-7,9H2,1-2H3;3H2,1-2H3. The van der Waals surface area contributed by atoms with Gasteiger partial charge in [0.05, 0.1) is 0 Å². The SMILES string of the molecule is CCC.CCCCCC(C)CN. The van der Waals surface area contributed by atoms with E-state index in [0.29, 0.717) is 0 Å². The van der Waals surface area contributed by atoms with Crippen molar-refractivity contribution >= 4 is 0 Å². The van der Waals surface area contributed by atoms with Crippen LogP contribution in [0.25, 0.3) is 0 Å². The normalized spacial score (nSPS) is 11.8. The lowest BCUT2D eigenvalue weighted by molar-refractivity contribution is 0.505. The summed E-state index contributed by atoms with van der Waals surface area (Å²) in [6, 6.07) is 0. The van der Waals surface area contributed by atoms with Crippen LogP contribution < -0.4 is 5.73 Å². The second-order valence-electron chi connectivity index (χ2n) is 3.54. The number of nitrogens with two attached hydrogens (primary N) is 1. The van der Waals surface area contributed by atoms with Crippen molar-refractivity contribution in [3.8, 4) is 0 Å². The molecule has 12 heavy (non-hydrogen) atoms. The molecule has 1 unspecified atom stereocenters. The zero-order valence-electron chi connectivity index (χ0n) is 9.40. The summed E-state index contributed by atoms with van der Waals surface area (Å²) in [6.07, 6.45) is 6.60. The first kappa shape index (κ1) is 14.5. The van der Waals surface area contributed by atoms with Gasteiger partial charge in [-0.25, -0.2) is 0 Å². The van der Waals surface area contributed by atoms with Gasteiger partial charge in [0, 0.05) is 0 Å². The molecule has 0 amide bonds. The van der Waals surface area contributed by atoms with Gasteiger partial charge in [-0.3, -0.25) is 0 Å². The molecule has 0 radical (unpaired) electrons. The predicted octanol–water partition coefficient (Wildman–Crippen LogP) is 3.58. The van der Waals surface area contributed by atoms with Crippen molar-refractivity contribution in [2.75, 3.05) is 6.54 Å². The van der Waals surface area contributed by atoms with Crippen LogP contribution in [-0.2, 0) is 0 Å². The van der Waals surface area contributed by atoms with E-state index in [0.717, 1.165) is 12.5 Å². The van der Waals surface area contributed by atoms with Crippen molar-refractivity contribution < 1.29 is 0 Å². The number of unbranched alkanes of at least 4 members (excludes halogenated alkanes) is 2. The summed E-state index contributed by atoms with van der Waals surface area (Å²) in [5, 5.41) is 0. The van der Waals surface area contributed by atoms with Crippen molar-refractivity contribution in [3.63, 3.8) is 0 Å². The molecule has 0 aromatic heterocycles. The Bertz CT molecular complexity index is 62.0. The number of hydrogen-bond acceptors (Lipinski definition) is 1. The summed E-state index contributed by atoms with van der Waals surface area (Å²) in [7, 11) is 0. The molecule has 0 rings (SSSR count). The second kappa shape index (κ2) is 13.5. The minimum atomic E-state index is 0.733. The Morgan fingerprint density at radius 3 is 1.92 bits per heavy atom. The first-order valence-electron chi connectivity index (χ1n) is 5.42. The largest absolute Gasteiger partial charge is 0.330 e. The molecular weight excluding hydrogens is 146 g/mol. The van der Waals surface area contributed by atoms with Crippen molar-refractivity contribution in [1.82, 2.24) is 0 Å². The summed E-state index contributed by atoms with van der Waals surface area (Å²) in [5.41, 5.74) is 5.45. The minimum Gasteiger partial charge on any atom is -0.330 e. The van der Waals surface area contributed by atoms with Crippen LogP contribution >= 0.6 is 0 Å². The molecule has 0 saturated heterocycles. The molecule has 0 saturated carbocycles. The zero-order chi connectivity index (χ0) is 9.82. The highest BCUT2D eigenvalue weighted by molar-refractivity contribution is 4.52. The van der Waals surface area contributed by atoms with E-state index < -0.39 is 0 Å². The van der Waals surface area contributed by atoms with E-state index in [9.17, 15) is 0 Å². The molecule has 0 bridgehead atoms. The van der Waals surface area contributed by atoms with E-state index in [1.165, 1.54) is 32.1 Å². The summed E-state index contributed by atoms with van der Waals surface area (Å²) >= 11 is 0. The molecule has 0 aliphatic heterocycles. The lowest BCUT2D eigenvalue weighted by Gasteiger charge is -2.05. The topological polar surface area (TPSA) is 26.0 Å².